The number of ether oxygens (including phenoxy) is 1. The van der Waals surface area contributed by atoms with Crippen molar-refractivity contribution in [3.63, 3.8) is 0 Å². The van der Waals surface area contributed by atoms with E-state index in [9.17, 15) is 4.79 Å². The number of methoxy groups -OCH3 is 1. The molecule has 0 atom stereocenters. The molecule has 6 heteroatoms. The third kappa shape index (κ3) is 4.31. The van der Waals surface area contributed by atoms with E-state index in [0.29, 0.717) is 31.1 Å². The highest BCUT2D eigenvalue weighted by molar-refractivity contribution is 6.19. The Morgan fingerprint density at radius 2 is 2.53 bits per heavy atom. The molecule has 0 unspecified atom stereocenters. The monoisotopic (exact) mass is 231 g/mol. The van der Waals surface area contributed by atoms with Gasteiger partial charge in [0.05, 0.1) is 25.0 Å². The van der Waals surface area contributed by atoms with Crippen LogP contribution in [0, 0.1) is 0 Å². The summed E-state index contributed by atoms with van der Waals surface area (Å²) in [5.41, 5.74) is 0.682. The first-order valence-electron chi connectivity index (χ1n) is 4.63. The molecule has 0 saturated carbocycles. The summed E-state index contributed by atoms with van der Waals surface area (Å²) in [6, 6.07) is 0. The minimum absolute atomic E-state index is 0.101. The molecule has 84 valence electrons. The largest absolute Gasteiger partial charge is 0.383 e. The molecule has 0 aliphatic carbocycles. The van der Waals surface area contributed by atoms with Crippen molar-refractivity contribution in [1.29, 1.82) is 0 Å². The second kappa shape index (κ2) is 6.42. The molecule has 0 saturated heterocycles. The number of hydrogen-bond acceptors (Lipinski definition) is 3. The molecule has 0 bridgehead atoms. The molecule has 0 radical (unpaired) electrons. The number of carbonyl (C=O) groups is 1. The van der Waals surface area contributed by atoms with Crippen LogP contribution in [0.2, 0.25) is 0 Å². The van der Waals surface area contributed by atoms with Crippen LogP contribution in [-0.2, 0) is 16.1 Å². The molecule has 1 amide bonds. The first kappa shape index (κ1) is 12.0. The summed E-state index contributed by atoms with van der Waals surface area (Å²) >= 11 is 5.44. The molecule has 5 nitrogen and oxygen atoms in total. The average molecular weight is 232 g/mol. The Bertz CT molecular complexity index is 314. The third-order valence-corrected chi connectivity index (χ3v) is 1.95. The van der Waals surface area contributed by atoms with Crippen LogP contribution < -0.4 is 5.32 Å². The van der Waals surface area contributed by atoms with Gasteiger partial charge in [-0.15, -0.1) is 11.6 Å². The van der Waals surface area contributed by atoms with E-state index in [0.717, 1.165) is 0 Å². The molecule has 1 rings (SSSR count). The zero-order valence-corrected chi connectivity index (χ0v) is 9.33. The number of hydrogen-bond donors (Lipinski definition) is 1. The van der Waals surface area contributed by atoms with Crippen molar-refractivity contribution in [2.75, 3.05) is 24.9 Å². The van der Waals surface area contributed by atoms with Crippen molar-refractivity contribution in [1.82, 2.24) is 9.78 Å². The van der Waals surface area contributed by atoms with Gasteiger partial charge in [0.25, 0.3) is 0 Å². The van der Waals surface area contributed by atoms with E-state index in [2.05, 4.69) is 10.4 Å². The van der Waals surface area contributed by atoms with Crippen molar-refractivity contribution in [3.05, 3.63) is 12.4 Å². The lowest BCUT2D eigenvalue weighted by Gasteiger charge is -2.00. The van der Waals surface area contributed by atoms with Gasteiger partial charge in [0.15, 0.2) is 0 Å². The Hall–Kier alpha value is -1.07. The normalized spacial score (nSPS) is 10.3. The van der Waals surface area contributed by atoms with E-state index in [1.165, 1.54) is 0 Å². The van der Waals surface area contributed by atoms with Gasteiger partial charge in [-0.3, -0.25) is 9.48 Å². The number of aromatic nitrogens is 2. The van der Waals surface area contributed by atoms with Gasteiger partial charge in [0, 0.05) is 25.6 Å². The van der Waals surface area contributed by atoms with Crippen LogP contribution in [0.4, 0.5) is 5.69 Å². The van der Waals surface area contributed by atoms with E-state index < -0.39 is 0 Å². The lowest BCUT2D eigenvalue weighted by atomic mass is 10.4. The number of carbonyl (C=O) groups excluding carboxylic acids is 1. The molecule has 1 aromatic rings. The summed E-state index contributed by atoms with van der Waals surface area (Å²) in [6.45, 7) is 1.26. The van der Waals surface area contributed by atoms with Gasteiger partial charge in [-0.25, -0.2) is 0 Å². The van der Waals surface area contributed by atoms with Gasteiger partial charge < -0.3 is 10.1 Å². The lowest BCUT2D eigenvalue weighted by Crippen LogP contribution is -2.11. The molecule has 1 heterocycles. The number of alkyl halides is 1. The molecule has 0 aliphatic rings. The highest BCUT2D eigenvalue weighted by Crippen LogP contribution is 2.05. The standard InChI is InChI=1S/C9H14ClN3O2/c1-15-5-4-13-7-8(6-11-13)12-9(14)2-3-10/h6-7H,2-5H2,1H3,(H,12,14). The van der Waals surface area contributed by atoms with Crippen molar-refractivity contribution < 1.29 is 9.53 Å². The molecule has 15 heavy (non-hydrogen) atoms. The van der Waals surface area contributed by atoms with Crippen LogP contribution in [0.15, 0.2) is 12.4 Å². The smallest absolute Gasteiger partial charge is 0.225 e. The predicted octanol–water partition coefficient (Wildman–Crippen LogP) is 1.10. The first-order valence-corrected chi connectivity index (χ1v) is 5.17. The van der Waals surface area contributed by atoms with Crippen LogP contribution in [0.3, 0.4) is 0 Å². The fourth-order valence-corrected chi connectivity index (χ4v) is 1.22. The van der Waals surface area contributed by atoms with Crippen molar-refractivity contribution >= 4 is 23.2 Å². The maximum absolute atomic E-state index is 11.2. The second-order valence-corrected chi connectivity index (χ2v) is 3.35. The molecule has 1 N–H and O–H groups in total. The zero-order chi connectivity index (χ0) is 11.1. The van der Waals surface area contributed by atoms with Gasteiger partial charge in [0.1, 0.15) is 0 Å². The Morgan fingerprint density at radius 1 is 1.73 bits per heavy atom. The third-order valence-electron chi connectivity index (χ3n) is 1.76. The first-order chi connectivity index (χ1) is 7.26. The second-order valence-electron chi connectivity index (χ2n) is 2.97. The fraction of sp³-hybridized carbons (Fsp3) is 0.556. The summed E-state index contributed by atoms with van der Waals surface area (Å²) in [5.74, 6) is 0.222. The van der Waals surface area contributed by atoms with E-state index in [1.807, 2.05) is 0 Å². The minimum Gasteiger partial charge on any atom is -0.383 e. The summed E-state index contributed by atoms with van der Waals surface area (Å²) in [5, 5.41) is 6.75. The maximum Gasteiger partial charge on any atom is 0.225 e. The summed E-state index contributed by atoms with van der Waals surface area (Å²) in [7, 11) is 1.63. The Morgan fingerprint density at radius 3 is 3.20 bits per heavy atom. The van der Waals surface area contributed by atoms with Crippen LogP contribution in [0.1, 0.15) is 6.42 Å². The lowest BCUT2D eigenvalue weighted by molar-refractivity contribution is -0.115. The predicted molar refractivity (Wildman–Crippen MR) is 58.1 cm³/mol. The van der Waals surface area contributed by atoms with Crippen molar-refractivity contribution in [2.24, 2.45) is 0 Å². The van der Waals surface area contributed by atoms with Gasteiger partial charge in [-0.2, -0.15) is 5.10 Å². The van der Waals surface area contributed by atoms with Crippen LogP contribution in [0.25, 0.3) is 0 Å². The SMILES string of the molecule is COCCn1cc(NC(=O)CCCl)cn1. The number of amides is 1. The number of rotatable bonds is 6. The quantitative estimate of drug-likeness (QED) is 0.746. The van der Waals surface area contributed by atoms with E-state index in [1.54, 1.807) is 24.2 Å². The van der Waals surface area contributed by atoms with Crippen LogP contribution in [-0.4, -0.2) is 35.3 Å². The molecular weight excluding hydrogens is 218 g/mol. The Labute approximate surface area is 93.4 Å². The Kier molecular flexibility index (Phi) is 5.14. The molecular formula is C9H14ClN3O2. The van der Waals surface area contributed by atoms with Crippen molar-refractivity contribution in [2.45, 2.75) is 13.0 Å². The van der Waals surface area contributed by atoms with Gasteiger partial charge >= 0.3 is 0 Å². The van der Waals surface area contributed by atoms with E-state index in [4.69, 9.17) is 16.3 Å². The van der Waals surface area contributed by atoms with Gasteiger partial charge in [0.2, 0.25) is 5.91 Å². The number of halogens is 1. The highest BCUT2D eigenvalue weighted by atomic mass is 35.5. The number of anilines is 1. The highest BCUT2D eigenvalue weighted by Gasteiger charge is 2.03. The molecule has 0 aromatic carbocycles. The number of nitrogens with zero attached hydrogens (tertiary/aromatic N) is 2. The van der Waals surface area contributed by atoms with Crippen LogP contribution >= 0.6 is 11.6 Å². The topological polar surface area (TPSA) is 56.1 Å². The molecule has 0 fully saturated rings. The molecule has 0 aliphatic heterocycles. The average Bonchev–Trinajstić information content (AvgIpc) is 2.63. The minimum atomic E-state index is -0.101. The van der Waals surface area contributed by atoms with Crippen molar-refractivity contribution in [3.8, 4) is 0 Å². The number of nitrogens with one attached hydrogen (secondary N) is 1. The molecule has 1 aromatic heterocycles. The zero-order valence-electron chi connectivity index (χ0n) is 8.57. The van der Waals surface area contributed by atoms with Crippen LogP contribution in [0.5, 0.6) is 0 Å². The maximum atomic E-state index is 11.2. The van der Waals surface area contributed by atoms with Gasteiger partial charge in [-0.05, 0) is 0 Å². The van der Waals surface area contributed by atoms with E-state index in [-0.39, 0.29) is 5.91 Å². The van der Waals surface area contributed by atoms with E-state index >= 15 is 0 Å². The molecule has 0 spiro atoms. The summed E-state index contributed by atoms with van der Waals surface area (Å²) in [6.07, 6.45) is 3.66. The van der Waals surface area contributed by atoms with Gasteiger partial charge in [-0.1, -0.05) is 0 Å². The fourth-order valence-electron chi connectivity index (χ4n) is 1.04. The summed E-state index contributed by atoms with van der Waals surface area (Å²) in [4.78, 5) is 11.2. The Balaban J connectivity index is 2.42. The summed E-state index contributed by atoms with van der Waals surface area (Å²) < 4.78 is 6.62.